The second-order valence-electron chi connectivity index (χ2n) is 6.72. The minimum atomic E-state index is -0.0588. The molecular weight excluding hydrogens is 304 g/mol. The molecule has 0 saturated carbocycles. The van der Waals surface area contributed by atoms with Crippen LogP contribution in [0.2, 0.25) is 0 Å². The Bertz CT molecular complexity index is 537. The quantitative estimate of drug-likeness (QED) is 0.865. The van der Waals surface area contributed by atoms with Crippen molar-refractivity contribution in [2.75, 3.05) is 26.2 Å². The van der Waals surface area contributed by atoms with Crippen LogP contribution in [-0.2, 0) is 16.1 Å². The number of rotatable bonds is 6. The van der Waals surface area contributed by atoms with Crippen molar-refractivity contribution < 1.29 is 14.7 Å². The highest BCUT2D eigenvalue weighted by Crippen LogP contribution is 2.22. The van der Waals surface area contributed by atoms with E-state index in [1.165, 1.54) is 0 Å². The number of benzene rings is 1. The summed E-state index contributed by atoms with van der Waals surface area (Å²) in [7, 11) is 0. The van der Waals surface area contributed by atoms with Crippen LogP contribution in [0.1, 0.15) is 32.3 Å². The van der Waals surface area contributed by atoms with Gasteiger partial charge in [-0.05, 0) is 18.4 Å². The van der Waals surface area contributed by atoms with Gasteiger partial charge in [-0.3, -0.25) is 9.59 Å². The number of carbonyl (C=O) groups is 2. The first-order valence-corrected chi connectivity index (χ1v) is 8.75. The number of likely N-dealkylation sites (tertiary alicyclic amines) is 1. The van der Waals surface area contributed by atoms with Crippen molar-refractivity contribution in [3.63, 3.8) is 0 Å². The van der Waals surface area contributed by atoms with Crippen LogP contribution in [0.3, 0.4) is 0 Å². The molecule has 132 valence electrons. The lowest BCUT2D eigenvalue weighted by Crippen LogP contribution is -2.45. The van der Waals surface area contributed by atoms with Gasteiger partial charge in [0.15, 0.2) is 0 Å². The highest BCUT2D eigenvalue weighted by atomic mass is 16.3. The number of hydrogen-bond donors (Lipinski definition) is 1. The van der Waals surface area contributed by atoms with Crippen LogP contribution in [0, 0.1) is 11.8 Å². The van der Waals surface area contributed by atoms with Crippen molar-refractivity contribution in [1.29, 1.82) is 0 Å². The maximum Gasteiger partial charge on any atom is 0.226 e. The molecule has 5 nitrogen and oxygen atoms in total. The number of amides is 2. The summed E-state index contributed by atoms with van der Waals surface area (Å²) in [6.07, 6.45) is 1.40. The Morgan fingerprint density at radius 3 is 2.38 bits per heavy atom. The Hall–Kier alpha value is -1.88. The molecule has 1 aliphatic heterocycles. The molecule has 1 saturated heterocycles. The smallest absolute Gasteiger partial charge is 0.226 e. The van der Waals surface area contributed by atoms with E-state index in [0.717, 1.165) is 5.56 Å². The number of aliphatic hydroxyl groups is 1. The molecule has 0 radical (unpaired) electrons. The molecule has 1 fully saturated rings. The molecule has 1 N–H and O–H groups in total. The van der Waals surface area contributed by atoms with Crippen LogP contribution in [0.4, 0.5) is 0 Å². The zero-order valence-electron chi connectivity index (χ0n) is 14.6. The van der Waals surface area contributed by atoms with Crippen molar-refractivity contribution in [3.05, 3.63) is 35.9 Å². The number of nitrogens with zero attached hydrogens (tertiary/aromatic N) is 2. The van der Waals surface area contributed by atoms with Gasteiger partial charge >= 0.3 is 0 Å². The van der Waals surface area contributed by atoms with Gasteiger partial charge in [0, 0.05) is 38.0 Å². The monoisotopic (exact) mass is 332 g/mol. The highest BCUT2D eigenvalue weighted by molar-refractivity contribution is 5.81. The van der Waals surface area contributed by atoms with Crippen molar-refractivity contribution in [2.24, 2.45) is 11.8 Å². The minimum absolute atomic E-state index is 0.00113. The molecule has 1 aliphatic rings. The average Bonchev–Trinajstić information content (AvgIpc) is 2.61. The second kappa shape index (κ2) is 8.83. The maximum absolute atomic E-state index is 12.8. The zero-order valence-corrected chi connectivity index (χ0v) is 14.6. The Morgan fingerprint density at radius 2 is 1.83 bits per heavy atom. The Balaban J connectivity index is 1.94. The van der Waals surface area contributed by atoms with Gasteiger partial charge in [0.25, 0.3) is 0 Å². The first kappa shape index (κ1) is 18.5. The summed E-state index contributed by atoms with van der Waals surface area (Å²) in [6.45, 7) is 5.93. The lowest BCUT2D eigenvalue weighted by molar-refractivity contribution is -0.142. The molecule has 2 amide bonds. The van der Waals surface area contributed by atoms with Crippen LogP contribution in [-0.4, -0.2) is 53.0 Å². The fourth-order valence-electron chi connectivity index (χ4n) is 3.16. The van der Waals surface area contributed by atoms with Crippen molar-refractivity contribution in [2.45, 2.75) is 33.2 Å². The van der Waals surface area contributed by atoms with Gasteiger partial charge in [0.2, 0.25) is 11.8 Å². The summed E-state index contributed by atoms with van der Waals surface area (Å²) in [4.78, 5) is 28.5. The first-order valence-electron chi connectivity index (χ1n) is 8.75. The second-order valence-corrected chi connectivity index (χ2v) is 6.72. The molecule has 24 heavy (non-hydrogen) atoms. The third-order valence-electron chi connectivity index (χ3n) is 4.55. The molecule has 0 aliphatic carbocycles. The van der Waals surface area contributed by atoms with Gasteiger partial charge in [-0.1, -0.05) is 44.2 Å². The van der Waals surface area contributed by atoms with Gasteiger partial charge in [-0.2, -0.15) is 0 Å². The van der Waals surface area contributed by atoms with E-state index in [1.54, 1.807) is 4.90 Å². The van der Waals surface area contributed by atoms with Gasteiger partial charge < -0.3 is 14.9 Å². The van der Waals surface area contributed by atoms with Gasteiger partial charge in [-0.15, -0.1) is 0 Å². The molecule has 0 spiro atoms. The van der Waals surface area contributed by atoms with Crippen LogP contribution in [0.25, 0.3) is 0 Å². The average molecular weight is 332 g/mol. The number of carbonyl (C=O) groups excluding carboxylic acids is 2. The van der Waals surface area contributed by atoms with E-state index in [9.17, 15) is 14.7 Å². The normalized spacial score (nSPS) is 15.6. The molecule has 0 unspecified atom stereocenters. The van der Waals surface area contributed by atoms with Crippen LogP contribution < -0.4 is 0 Å². The lowest BCUT2D eigenvalue weighted by atomic mass is 9.94. The van der Waals surface area contributed by atoms with E-state index < -0.39 is 0 Å². The Morgan fingerprint density at radius 1 is 1.21 bits per heavy atom. The van der Waals surface area contributed by atoms with Crippen LogP contribution >= 0.6 is 0 Å². The molecule has 1 aromatic rings. The van der Waals surface area contributed by atoms with Crippen molar-refractivity contribution >= 4 is 11.8 Å². The summed E-state index contributed by atoms with van der Waals surface area (Å²) in [6, 6.07) is 9.83. The summed E-state index contributed by atoms with van der Waals surface area (Å²) < 4.78 is 0. The van der Waals surface area contributed by atoms with E-state index in [2.05, 4.69) is 0 Å². The third kappa shape index (κ3) is 4.81. The molecule has 5 heteroatoms. The predicted molar refractivity (Wildman–Crippen MR) is 93.1 cm³/mol. The fourth-order valence-corrected chi connectivity index (χ4v) is 3.16. The van der Waals surface area contributed by atoms with Gasteiger partial charge in [0.05, 0.1) is 6.61 Å². The van der Waals surface area contributed by atoms with Crippen LogP contribution in [0.15, 0.2) is 30.3 Å². The molecule has 0 atom stereocenters. The fraction of sp³-hybridized carbons (Fsp3) is 0.579. The van der Waals surface area contributed by atoms with Crippen LogP contribution in [0.5, 0.6) is 0 Å². The molecule has 2 rings (SSSR count). The largest absolute Gasteiger partial charge is 0.395 e. The molecular formula is C19H28N2O3. The topological polar surface area (TPSA) is 60.9 Å². The summed E-state index contributed by atoms with van der Waals surface area (Å²) in [5.41, 5.74) is 1.06. The van der Waals surface area contributed by atoms with Gasteiger partial charge in [-0.25, -0.2) is 0 Å². The summed E-state index contributed by atoms with van der Waals surface area (Å²) in [5.74, 6) is 0.194. The van der Waals surface area contributed by atoms with Crippen molar-refractivity contribution in [3.8, 4) is 0 Å². The molecule has 1 heterocycles. The Kier molecular flexibility index (Phi) is 6.79. The first-order chi connectivity index (χ1) is 11.5. The van der Waals surface area contributed by atoms with E-state index in [1.807, 2.05) is 49.1 Å². The van der Waals surface area contributed by atoms with Crippen molar-refractivity contribution in [1.82, 2.24) is 9.80 Å². The number of aliphatic hydroxyl groups excluding tert-OH is 1. The highest BCUT2D eigenvalue weighted by Gasteiger charge is 2.30. The standard InChI is InChI=1S/C19H28N2O3/c1-15(2)18(23)20-10-8-17(9-11-20)19(24)21(12-13-22)14-16-6-4-3-5-7-16/h3-7,15,17,22H,8-14H2,1-2H3. The number of hydrogen-bond acceptors (Lipinski definition) is 3. The maximum atomic E-state index is 12.8. The van der Waals surface area contributed by atoms with Gasteiger partial charge in [0.1, 0.15) is 0 Å². The van der Waals surface area contributed by atoms with E-state index >= 15 is 0 Å². The number of piperidine rings is 1. The lowest BCUT2D eigenvalue weighted by Gasteiger charge is -2.35. The Labute approximate surface area is 144 Å². The SMILES string of the molecule is CC(C)C(=O)N1CCC(C(=O)N(CCO)Cc2ccccc2)CC1. The third-order valence-corrected chi connectivity index (χ3v) is 4.55. The molecule has 0 aromatic heterocycles. The van der Waals surface area contributed by atoms with E-state index in [4.69, 9.17) is 0 Å². The zero-order chi connectivity index (χ0) is 17.5. The van der Waals surface area contributed by atoms with E-state index in [0.29, 0.717) is 39.0 Å². The molecule has 1 aromatic carbocycles. The summed E-state index contributed by atoms with van der Waals surface area (Å²) in [5, 5.41) is 9.29. The molecule has 0 bridgehead atoms. The minimum Gasteiger partial charge on any atom is -0.395 e. The predicted octanol–water partition coefficient (Wildman–Crippen LogP) is 1.90. The summed E-state index contributed by atoms with van der Waals surface area (Å²) >= 11 is 0. The van der Waals surface area contributed by atoms with E-state index in [-0.39, 0.29) is 30.3 Å².